The van der Waals surface area contributed by atoms with Gasteiger partial charge in [-0.2, -0.15) is 0 Å². The van der Waals surface area contributed by atoms with Gasteiger partial charge in [0.05, 0.1) is 4.90 Å². The van der Waals surface area contributed by atoms with E-state index < -0.39 is 10.0 Å². The summed E-state index contributed by atoms with van der Waals surface area (Å²) in [5.41, 5.74) is 1.72. The Morgan fingerprint density at radius 2 is 1.63 bits per heavy atom. The fourth-order valence-corrected chi connectivity index (χ4v) is 5.16. The van der Waals surface area contributed by atoms with E-state index in [2.05, 4.69) is 4.72 Å². The third kappa shape index (κ3) is 4.79. The lowest BCUT2D eigenvalue weighted by Crippen LogP contribution is -2.26. The Morgan fingerprint density at radius 3 is 2.49 bits per heavy atom. The van der Waals surface area contributed by atoms with E-state index in [0.717, 1.165) is 16.3 Å². The molecular weight excluding hydrogens is 464 g/mol. The predicted molar refractivity (Wildman–Crippen MR) is 134 cm³/mol. The lowest BCUT2D eigenvalue weighted by atomic mass is 10.0. The van der Waals surface area contributed by atoms with Gasteiger partial charge in [0.25, 0.3) is 15.9 Å². The SMILES string of the molecule is CN(Cc1cccc2ccccc12)C(=O)c1cccc(NS(=O)(=O)c2ccc3c(c2)OCCO3)c1. The molecule has 4 aromatic rings. The van der Waals surface area contributed by atoms with Crippen molar-refractivity contribution in [3.05, 3.63) is 96.1 Å². The van der Waals surface area contributed by atoms with E-state index >= 15 is 0 Å². The van der Waals surface area contributed by atoms with Crippen molar-refractivity contribution >= 4 is 32.4 Å². The first-order valence-electron chi connectivity index (χ1n) is 11.2. The van der Waals surface area contributed by atoms with Crippen molar-refractivity contribution < 1.29 is 22.7 Å². The average molecular weight is 489 g/mol. The third-order valence-electron chi connectivity index (χ3n) is 5.82. The first kappa shape index (κ1) is 22.7. The number of sulfonamides is 1. The fourth-order valence-electron chi connectivity index (χ4n) is 4.10. The number of nitrogens with one attached hydrogen (secondary N) is 1. The van der Waals surface area contributed by atoms with Crippen LogP contribution in [0.25, 0.3) is 10.8 Å². The molecule has 7 nitrogen and oxygen atoms in total. The zero-order chi connectivity index (χ0) is 24.4. The molecule has 1 amide bonds. The van der Waals surface area contributed by atoms with Crippen molar-refractivity contribution in [1.82, 2.24) is 4.90 Å². The quantitative estimate of drug-likeness (QED) is 0.426. The highest BCUT2D eigenvalue weighted by atomic mass is 32.2. The zero-order valence-electron chi connectivity index (χ0n) is 19.1. The van der Waals surface area contributed by atoms with E-state index in [-0.39, 0.29) is 10.8 Å². The van der Waals surface area contributed by atoms with E-state index in [9.17, 15) is 13.2 Å². The summed E-state index contributed by atoms with van der Waals surface area (Å²) in [6.45, 7) is 1.21. The summed E-state index contributed by atoms with van der Waals surface area (Å²) < 4.78 is 39.4. The van der Waals surface area contributed by atoms with Crippen LogP contribution in [-0.4, -0.2) is 39.5 Å². The number of amides is 1. The monoisotopic (exact) mass is 488 g/mol. The van der Waals surface area contributed by atoms with Gasteiger partial charge in [-0.1, -0.05) is 48.5 Å². The molecule has 0 radical (unpaired) electrons. The molecule has 0 saturated heterocycles. The highest BCUT2D eigenvalue weighted by Crippen LogP contribution is 2.33. The van der Waals surface area contributed by atoms with Crippen LogP contribution in [0.5, 0.6) is 11.5 Å². The number of rotatable bonds is 6. The van der Waals surface area contributed by atoms with Crippen molar-refractivity contribution in [1.29, 1.82) is 0 Å². The summed E-state index contributed by atoms with van der Waals surface area (Å²) in [5.74, 6) is 0.688. The van der Waals surface area contributed by atoms with Gasteiger partial charge in [-0.25, -0.2) is 8.42 Å². The van der Waals surface area contributed by atoms with Crippen molar-refractivity contribution in [2.24, 2.45) is 0 Å². The topological polar surface area (TPSA) is 84.9 Å². The number of carbonyl (C=O) groups excluding carboxylic acids is 1. The predicted octanol–water partition coefficient (Wildman–Crippen LogP) is 4.68. The van der Waals surface area contributed by atoms with E-state index in [1.165, 1.54) is 18.2 Å². The second kappa shape index (κ2) is 9.31. The molecule has 4 aromatic carbocycles. The maximum absolute atomic E-state index is 13.2. The van der Waals surface area contributed by atoms with Crippen LogP contribution in [0.1, 0.15) is 15.9 Å². The largest absolute Gasteiger partial charge is 0.486 e. The minimum absolute atomic E-state index is 0.0477. The minimum Gasteiger partial charge on any atom is -0.486 e. The molecule has 0 saturated carbocycles. The maximum Gasteiger partial charge on any atom is 0.262 e. The van der Waals surface area contributed by atoms with Gasteiger partial charge in [0.2, 0.25) is 0 Å². The summed E-state index contributed by atoms with van der Waals surface area (Å²) in [5, 5.41) is 2.21. The first-order valence-corrected chi connectivity index (χ1v) is 12.6. The van der Waals surface area contributed by atoms with Gasteiger partial charge in [0.1, 0.15) is 13.2 Å². The Hall–Kier alpha value is -4.04. The Kier molecular flexibility index (Phi) is 6.05. The van der Waals surface area contributed by atoms with Crippen molar-refractivity contribution in [3.8, 4) is 11.5 Å². The minimum atomic E-state index is -3.89. The Labute approximate surface area is 204 Å². The number of hydrogen-bond acceptors (Lipinski definition) is 5. The number of benzene rings is 4. The summed E-state index contributed by atoms with van der Waals surface area (Å²) >= 11 is 0. The summed E-state index contributed by atoms with van der Waals surface area (Å²) in [7, 11) is -2.16. The molecule has 8 heteroatoms. The Morgan fingerprint density at radius 1 is 0.886 bits per heavy atom. The standard InChI is InChI=1S/C27H24N2O5S/c1-29(18-21-9-4-7-19-6-2-3-11-24(19)21)27(30)20-8-5-10-22(16-20)28-35(31,32)23-12-13-25-26(17-23)34-15-14-33-25/h2-13,16-17,28H,14-15,18H2,1H3. The lowest BCUT2D eigenvalue weighted by Gasteiger charge is -2.20. The number of fused-ring (bicyclic) bond motifs is 2. The number of anilines is 1. The summed E-state index contributed by atoms with van der Waals surface area (Å²) in [6.07, 6.45) is 0. The van der Waals surface area contributed by atoms with Crippen LogP contribution in [0.15, 0.2) is 89.8 Å². The van der Waals surface area contributed by atoms with Gasteiger partial charge in [0, 0.05) is 30.9 Å². The van der Waals surface area contributed by atoms with Crippen molar-refractivity contribution in [2.75, 3.05) is 25.0 Å². The molecule has 0 aromatic heterocycles. The second-order valence-electron chi connectivity index (χ2n) is 8.29. The molecule has 0 aliphatic carbocycles. The molecule has 1 N–H and O–H groups in total. The molecule has 1 aliphatic rings. The average Bonchev–Trinajstić information content (AvgIpc) is 2.88. The van der Waals surface area contributed by atoms with Gasteiger partial charge in [0.15, 0.2) is 11.5 Å². The molecule has 1 aliphatic heterocycles. The fraction of sp³-hybridized carbons (Fsp3) is 0.148. The van der Waals surface area contributed by atoms with E-state index in [1.54, 1.807) is 36.2 Å². The molecule has 0 spiro atoms. The number of nitrogens with zero attached hydrogens (tertiary/aromatic N) is 1. The van der Waals surface area contributed by atoms with E-state index in [1.807, 2.05) is 42.5 Å². The van der Waals surface area contributed by atoms with Gasteiger partial charge < -0.3 is 14.4 Å². The third-order valence-corrected chi connectivity index (χ3v) is 7.20. The Bertz CT molecular complexity index is 1510. The zero-order valence-corrected chi connectivity index (χ0v) is 19.9. The van der Waals surface area contributed by atoms with Crippen LogP contribution in [0.2, 0.25) is 0 Å². The van der Waals surface area contributed by atoms with Crippen LogP contribution < -0.4 is 14.2 Å². The van der Waals surface area contributed by atoms with Gasteiger partial charge >= 0.3 is 0 Å². The molecule has 0 bridgehead atoms. The van der Waals surface area contributed by atoms with Crippen molar-refractivity contribution in [3.63, 3.8) is 0 Å². The molecule has 0 atom stereocenters. The molecule has 178 valence electrons. The van der Waals surface area contributed by atoms with Crippen LogP contribution in [-0.2, 0) is 16.6 Å². The smallest absolute Gasteiger partial charge is 0.262 e. The number of hydrogen-bond donors (Lipinski definition) is 1. The number of ether oxygens (including phenoxy) is 2. The molecule has 1 heterocycles. The number of carbonyl (C=O) groups is 1. The molecule has 0 fully saturated rings. The maximum atomic E-state index is 13.2. The molecule has 5 rings (SSSR count). The van der Waals surface area contributed by atoms with Crippen LogP contribution in [0.3, 0.4) is 0 Å². The highest BCUT2D eigenvalue weighted by Gasteiger charge is 2.20. The van der Waals surface area contributed by atoms with Crippen LogP contribution >= 0.6 is 0 Å². The van der Waals surface area contributed by atoms with Gasteiger partial charge in [-0.3, -0.25) is 9.52 Å². The first-order chi connectivity index (χ1) is 16.9. The van der Waals surface area contributed by atoms with Crippen molar-refractivity contribution in [2.45, 2.75) is 11.4 Å². The lowest BCUT2D eigenvalue weighted by molar-refractivity contribution is 0.0785. The molecule has 35 heavy (non-hydrogen) atoms. The van der Waals surface area contributed by atoms with Gasteiger partial charge in [-0.05, 0) is 46.7 Å². The van der Waals surface area contributed by atoms with Crippen LogP contribution in [0, 0.1) is 0 Å². The van der Waals surface area contributed by atoms with Crippen LogP contribution in [0.4, 0.5) is 5.69 Å². The normalized spacial score (nSPS) is 12.8. The molecular formula is C27H24N2O5S. The van der Waals surface area contributed by atoms with E-state index in [4.69, 9.17) is 9.47 Å². The second-order valence-corrected chi connectivity index (χ2v) is 9.97. The highest BCUT2D eigenvalue weighted by molar-refractivity contribution is 7.92. The summed E-state index contributed by atoms with van der Waals surface area (Å²) in [6, 6.07) is 25.0. The Balaban J connectivity index is 1.34. The molecule has 0 unspecified atom stereocenters. The van der Waals surface area contributed by atoms with Gasteiger partial charge in [-0.15, -0.1) is 0 Å². The van der Waals surface area contributed by atoms with E-state index in [0.29, 0.717) is 42.5 Å². The summed E-state index contributed by atoms with van der Waals surface area (Å²) in [4.78, 5) is 14.8.